The average molecular weight is 289 g/mol. The predicted octanol–water partition coefficient (Wildman–Crippen LogP) is 2.10. The van der Waals surface area contributed by atoms with Gasteiger partial charge < -0.3 is 19.7 Å². The Morgan fingerprint density at radius 1 is 1.24 bits per heavy atom. The molecule has 1 aliphatic rings. The molecule has 1 aromatic heterocycles. The summed E-state index contributed by atoms with van der Waals surface area (Å²) in [5.74, 6) is 1.87. The summed E-state index contributed by atoms with van der Waals surface area (Å²) in [5, 5.41) is 4.01. The first kappa shape index (κ1) is 14.0. The second kappa shape index (κ2) is 5.83. The van der Waals surface area contributed by atoms with E-state index in [-0.39, 0.29) is 0 Å². The van der Waals surface area contributed by atoms with Crippen molar-refractivity contribution in [2.45, 2.75) is 24.8 Å². The van der Waals surface area contributed by atoms with Crippen molar-refractivity contribution >= 4 is 0 Å². The minimum atomic E-state index is -0.398. The van der Waals surface area contributed by atoms with Crippen LogP contribution in [0.5, 0.6) is 5.75 Å². The van der Waals surface area contributed by atoms with Gasteiger partial charge in [0.15, 0.2) is 5.82 Å². The van der Waals surface area contributed by atoms with Gasteiger partial charge in [0.1, 0.15) is 12.4 Å². The Kier molecular flexibility index (Phi) is 3.90. The lowest BCUT2D eigenvalue weighted by Crippen LogP contribution is -2.44. The third kappa shape index (κ3) is 2.91. The van der Waals surface area contributed by atoms with Gasteiger partial charge in [-0.2, -0.15) is 4.98 Å². The van der Waals surface area contributed by atoms with Crippen molar-refractivity contribution in [1.29, 1.82) is 0 Å². The number of benzene rings is 1. The molecule has 0 radical (unpaired) electrons. The van der Waals surface area contributed by atoms with Gasteiger partial charge in [-0.15, -0.1) is 0 Å². The molecule has 0 aliphatic heterocycles. The number of aromatic nitrogens is 2. The smallest absolute Gasteiger partial charge is 0.257 e. The van der Waals surface area contributed by atoms with Crippen molar-refractivity contribution < 1.29 is 14.0 Å². The molecule has 2 N–H and O–H groups in total. The summed E-state index contributed by atoms with van der Waals surface area (Å²) in [6.07, 6.45) is 2.95. The molecular formula is C15H19N3O3. The number of nitrogens with zero attached hydrogens (tertiary/aromatic N) is 2. The molecule has 2 aromatic rings. The second-order valence-electron chi connectivity index (χ2n) is 5.30. The third-order valence-corrected chi connectivity index (χ3v) is 3.77. The Hall–Kier alpha value is -1.92. The first-order chi connectivity index (χ1) is 10.2. The summed E-state index contributed by atoms with van der Waals surface area (Å²) in [6.45, 7) is 1.09. The molecule has 112 valence electrons. The van der Waals surface area contributed by atoms with E-state index in [4.69, 9.17) is 19.7 Å². The zero-order valence-electron chi connectivity index (χ0n) is 12.0. The normalized spacial score (nSPS) is 16.5. The minimum Gasteiger partial charge on any atom is -0.491 e. The van der Waals surface area contributed by atoms with E-state index in [1.165, 1.54) is 0 Å². The number of rotatable bonds is 6. The Morgan fingerprint density at radius 2 is 2.00 bits per heavy atom. The fourth-order valence-electron chi connectivity index (χ4n) is 2.26. The maximum atomic E-state index is 6.19. The molecule has 0 bridgehead atoms. The molecule has 1 aliphatic carbocycles. The molecule has 6 heteroatoms. The van der Waals surface area contributed by atoms with Crippen molar-refractivity contribution in [3.63, 3.8) is 0 Å². The summed E-state index contributed by atoms with van der Waals surface area (Å²) < 4.78 is 15.8. The van der Waals surface area contributed by atoms with E-state index in [0.717, 1.165) is 30.6 Å². The van der Waals surface area contributed by atoms with E-state index in [1.807, 2.05) is 24.3 Å². The van der Waals surface area contributed by atoms with Gasteiger partial charge in [0.25, 0.3) is 5.89 Å². The quantitative estimate of drug-likeness (QED) is 0.820. The maximum Gasteiger partial charge on any atom is 0.257 e. The van der Waals surface area contributed by atoms with Crippen LogP contribution in [0.3, 0.4) is 0 Å². The van der Waals surface area contributed by atoms with Crippen molar-refractivity contribution in [3.05, 3.63) is 30.1 Å². The molecule has 1 heterocycles. The molecule has 3 rings (SSSR count). The summed E-state index contributed by atoms with van der Waals surface area (Å²) in [4.78, 5) is 4.42. The van der Waals surface area contributed by atoms with Crippen LogP contribution < -0.4 is 10.5 Å². The monoisotopic (exact) mass is 289 g/mol. The lowest BCUT2D eigenvalue weighted by atomic mass is 9.77. The molecule has 0 atom stereocenters. The third-order valence-electron chi connectivity index (χ3n) is 3.77. The summed E-state index contributed by atoms with van der Waals surface area (Å²) in [6, 6.07) is 7.53. The molecule has 0 unspecified atom stereocenters. The predicted molar refractivity (Wildman–Crippen MR) is 76.8 cm³/mol. The van der Waals surface area contributed by atoms with E-state index in [0.29, 0.717) is 24.9 Å². The average Bonchev–Trinajstić information content (AvgIpc) is 2.96. The molecule has 0 amide bonds. The molecule has 1 fully saturated rings. The highest BCUT2D eigenvalue weighted by molar-refractivity contribution is 5.54. The fraction of sp³-hybridized carbons (Fsp3) is 0.467. The zero-order chi connectivity index (χ0) is 14.7. The lowest BCUT2D eigenvalue weighted by Gasteiger charge is -2.34. The van der Waals surface area contributed by atoms with Gasteiger partial charge in [-0.3, -0.25) is 0 Å². The lowest BCUT2D eigenvalue weighted by molar-refractivity contribution is 0.146. The molecule has 21 heavy (non-hydrogen) atoms. The number of ether oxygens (including phenoxy) is 2. The molecule has 0 saturated heterocycles. The standard InChI is InChI=1S/C15H19N3O3/c1-19-9-10-20-12-5-3-11(4-6-12)13-17-14(18-21-13)15(16)7-2-8-15/h3-6H,2,7-10,16H2,1H3. The van der Waals surface area contributed by atoms with E-state index in [2.05, 4.69) is 10.1 Å². The van der Waals surface area contributed by atoms with E-state index in [9.17, 15) is 0 Å². The molecule has 6 nitrogen and oxygen atoms in total. The maximum absolute atomic E-state index is 6.19. The fourth-order valence-corrected chi connectivity index (χ4v) is 2.26. The number of nitrogens with two attached hydrogens (primary N) is 1. The molecule has 1 aromatic carbocycles. The van der Waals surface area contributed by atoms with Gasteiger partial charge in [-0.05, 0) is 43.5 Å². The highest BCUT2D eigenvalue weighted by Crippen LogP contribution is 2.37. The Morgan fingerprint density at radius 3 is 2.62 bits per heavy atom. The van der Waals surface area contributed by atoms with Gasteiger partial charge in [0, 0.05) is 12.7 Å². The topological polar surface area (TPSA) is 83.4 Å². The first-order valence-corrected chi connectivity index (χ1v) is 7.06. The van der Waals surface area contributed by atoms with Gasteiger partial charge in [0.2, 0.25) is 0 Å². The highest BCUT2D eigenvalue weighted by Gasteiger charge is 2.39. The summed E-state index contributed by atoms with van der Waals surface area (Å²) >= 11 is 0. The van der Waals surface area contributed by atoms with Crippen LogP contribution in [0.2, 0.25) is 0 Å². The van der Waals surface area contributed by atoms with Crippen LogP contribution in [0.25, 0.3) is 11.5 Å². The Balaban J connectivity index is 1.69. The SMILES string of the molecule is COCCOc1ccc(-c2nc(C3(N)CCC3)no2)cc1. The van der Waals surface area contributed by atoms with Gasteiger partial charge in [-0.1, -0.05) is 5.16 Å². The Bertz CT molecular complexity index is 590. The number of methoxy groups -OCH3 is 1. The van der Waals surface area contributed by atoms with Gasteiger partial charge in [-0.25, -0.2) is 0 Å². The van der Waals surface area contributed by atoms with Crippen molar-refractivity contribution in [2.75, 3.05) is 20.3 Å². The van der Waals surface area contributed by atoms with E-state index in [1.54, 1.807) is 7.11 Å². The number of hydrogen-bond donors (Lipinski definition) is 1. The molecule has 1 saturated carbocycles. The summed E-state index contributed by atoms with van der Waals surface area (Å²) in [7, 11) is 1.64. The van der Waals surface area contributed by atoms with Crippen LogP contribution in [0, 0.1) is 0 Å². The van der Waals surface area contributed by atoms with Crippen molar-refractivity contribution in [3.8, 4) is 17.2 Å². The Labute approximate surface area is 123 Å². The van der Waals surface area contributed by atoms with Crippen LogP contribution in [0.15, 0.2) is 28.8 Å². The van der Waals surface area contributed by atoms with Gasteiger partial charge in [0.05, 0.1) is 12.1 Å². The van der Waals surface area contributed by atoms with E-state index >= 15 is 0 Å². The zero-order valence-corrected chi connectivity index (χ0v) is 12.0. The largest absolute Gasteiger partial charge is 0.491 e. The van der Waals surface area contributed by atoms with Crippen LogP contribution in [0.4, 0.5) is 0 Å². The minimum absolute atomic E-state index is 0.398. The molecular weight excluding hydrogens is 270 g/mol. The van der Waals surface area contributed by atoms with Crippen LogP contribution in [-0.4, -0.2) is 30.5 Å². The molecule has 0 spiro atoms. The highest BCUT2D eigenvalue weighted by atomic mass is 16.5. The van der Waals surface area contributed by atoms with Crippen molar-refractivity contribution in [1.82, 2.24) is 10.1 Å². The summed E-state index contributed by atoms with van der Waals surface area (Å²) in [5.41, 5.74) is 6.65. The van der Waals surface area contributed by atoms with E-state index < -0.39 is 5.54 Å². The van der Waals surface area contributed by atoms with Crippen LogP contribution >= 0.6 is 0 Å². The second-order valence-corrected chi connectivity index (χ2v) is 5.30. The van der Waals surface area contributed by atoms with Gasteiger partial charge >= 0.3 is 0 Å². The number of hydrogen-bond acceptors (Lipinski definition) is 6. The van der Waals surface area contributed by atoms with Crippen LogP contribution in [0.1, 0.15) is 25.1 Å². The first-order valence-electron chi connectivity index (χ1n) is 7.06. The van der Waals surface area contributed by atoms with Crippen LogP contribution in [-0.2, 0) is 10.3 Å². The van der Waals surface area contributed by atoms with Crippen molar-refractivity contribution in [2.24, 2.45) is 5.73 Å².